The second-order valence-electron chi connectivity index (χ2n) is 11.4. The van der Waals surface area contributed by atoms with Gasteiger partial charge < -0.3 is 9.47 Å². The fourth-order valence-corrected chi connectivity index (χ4v) is 6.63. The van der Waals surface area contributed by atoms with Crippen LogP contribution in [0.2, 0.25) is 0 Å². The van der Waals surface area contributed by atoms with Gasteiger partial charge in [-0.25, -0.2) is 0 Å². The van der Waals surface area contributed by atoms with Crippen LogP contribution < -0.4 is 0 Å². The molecular formula is C34H30N2O6. The summed E-state index contributed by atoms with van der Waals surface area (Å²) in [5, 5.41) is 6.44. The van der Waals surface area contributed by atoms with E-state index in [9.17, 15) is 19.2 Å². The van der Waals surface area contributed by atoms with Crippen molar-refractivity contribution in [3.05, 3.63) is 70.8 Å². The monoisotopic (exact) mass is 562 g/mol. The van der Waals surface area contributed by atoms with Crippen molar-refractivity contribution in [3.8, 4) is 0 Å². The van der Waals surface area contributed by atoms with E-state index in [0.717, 1.165) is 43.6 Å². The first-order valence-corrected chi connectivity index (χ1v) is 14.3. The normalized spacial score (nSPS) is 16.6. The average molecular weight is 563 g/mol. The molecule has 4 amide bonds. The molecule has 0 aromatic heterocycles. The highest BCUT2D eigenvalue weighted by Gasteiger charge is 2.38. The second kappa shape index (κ2) is 9.58. The summed E-state index contributed by atoms with van der Waals surface area (Å²) < 4.78 is 11.5. The van der Waals surface area contributed by atoms with E-state index in [-0.39, 0.29) is 36.3 Å². The van der Waals surface area contributed by atoms with Crippen molar-refractivity contribution in [3.63, 3.8) is 0 Å². The van der Waals surface area contributed by atoms with Gasteiger partial charge in [-0.1, -0.05) is 31.2 Å². The van der Waals surface area contributed by atoms with E-state index in [4.69, 9.17) is 9.47 Å². The van der Waals surface area contributed by atoms with Gasteiger partial charge in [-0.15, -0.1) is 0 Å². The minimum atomic E-state index is -0.473. The highest BCUT2D eigenvalue weighted by Crippen LogP contribution is 2.46. The summed E-state index contributed by atoms with van der Waals surface area (Å²) in [6.45, 7) is 7.09. The maximum absolute atomic E-state index is 13.9. The van der Waals surface area contributed by atoms with Gasteiger partial charge in [-0.3, -0.25) is 29.0 Å². The lowest BCUT2D eigenvalue weighted by Gasteiger charge is -2.33. The number of amides is 4. The van der Waals surface area contributed by atoms with Crippen LogP contribution in [0.5, 0.6) is 0 Å². The van der Waals surface area contributed by atoms with Gasteiger partial charge in [0.2, 0.25) is 0 Å². The van der Waals surface area contributed by atoms with Crippen LogP contribution in [0.4, 0.5) is 0 Å². The third kappa shape index (κ3) is 3.55. The molecule has 2 aliphatic heterocycles. The molecule has 5 aromatic rings. The Bertz CT molecular complexity index is 1880. The Balaban J connectivity index is 1.36. The Hall–Kier alpha value is -4.40. The van der Waals surface area contributed by atoms with Crippen molar-refractivity contribution in [1.82, 2.24) is 9.80 Å². The fraction of sp³-hybridized carbons (Fsp3) is 0.294. The third-order valence-corrected chi connectivity index (χ3v) is 8.63. The molecule has 2 unspecified atom stereocenters. The lowest BCUT2D eigenvalue weighted by Crippen LogP contribution is -2.48. The van der Waals surface area contributed by atoms with Crippen molar-refractivity contribution < 1.29 is 28.7 Å². The zero-order valence-corrected chi connectivity index (χ0v) is 23.9. The summed E-state index contributed by atoms with van der Waals surface area (Å²) in [6.07, 6.45) is 0.761. The number of carbonyl (C=O) groups is 4. The van der Waals surface area contributed by atoms with E-state index >= 15 is 0 Å². The van der Waals surface area contributed by atoms with Crippen LogP contribution in [-0.2, 0) is 9.47 Å². The Morgan fingerprint density at radius 3 is 1.48 bits per heavy atom. The van der Waals surface area contributed by atoms with E-state index in [0.29, 0.717) is 46.2 Å². The van der Waals surface area contributed by atoms with Crippen molar-refractivity contribution in [2.24, 2.45) is 0 Å². The molecule has 0 saturated carbocycles. The SMILES string of the molecule is CCCOCC(C)OCC(C)N1C(=O)c2ccc3c4ccc5c6c(ccc(c7ccc(c2c37)C1=O)c64)C(=O)N(C)C5=O. The van der Waals surface area contributed by atoms with Gasteiger partial charge in [0.1, 0.15) is 0 Å². The van der Waals surface area contributed by atoms with Crippen LogP contribution in [-0.4, -0.2) is 72.4 Å². The molecule has 0 bridgehead atoms. The summed E-state index contributed by atoms with van der Waals surface area (Å²) in [5.74, 6) is -1.36. The molecule has 0 aliphatic carbocycles. The summed E-state index contributed by atoms with van der Waals surface area (Å²) in [4.78, 5) is 56.2. The first-order valence-electron chi connectivity index (χ1n) is 14.3. The Morgan fingerprint density at radius 1 is 0.619 bits per heavy atom. The number of benzene rings is 5. The first kappa shape index (κ1) is 26.5. The summed E-state index contributed by atoms with van der Waals surface area (Å²) >= 11 is 0. The van der Waals surface area contributed by atoms with E-state index < -0.39 is 6.04 Å². The highest BCUT2D eigenvalue weighted by molar-refractivity contribution is 6.41. The maximum atomic E-state index is 13.9. The molecule has 8 heteroatoms. The second-order valence-corrected chi connectivity index (χ2v) is 11.4. The number of carbonyl (C=O) groups excluding carboxylic acids is 4. The predicted octanol–water partition coefficient (Wildman–Crippen LogP) is 5.78. The Morgan fingerprint density at radius 2 is 1.05 bits per heavy atom. The van der Waals surface area contributed by atoms with Crippen LogP contribution in [0.15, 0.2) is 48.5 Å². The third-order valence-electron chi connectivity index (χ3n) is 8.63. The lowest BCUT2D eigenvalue weighted by molar-refractivity contribution is -0.0227. The van der Waals surface area contributed by atoms with Crippen molar-refractivity contribution in [2.75, 3.05) is 26.9 Å². The molecule has 0 saturated heterocycles. The molecule has 2 heterocycles. The number of imide groups is 2. The minimum Gasteiger partial charge on any atom is -0.379 e. The van der Waals surface area contributed by atoms with Gasteiger partial charge in [-0.05, 0) is 76.9 Å². The zero-order chi connectivity index (χ0) is 29.4. The van der Waals surface area contributed by atoms with Gasteiger partial charge in [0, 0.05) is 46.7 Å². The smallest absolute Gasteiger partial charge is 0.261 e. The maximum Gasteiger partial charge on any atom is 0.261 e. The van der Waals surface area contributed by atoms with Crippen molar-refractivity contribution in [2.45, 2.75) is 39.3 Å². The molecule has 0 radical (unpaired) electrons. The number of hydrogen-bond acceptors (Lipinski definition) is 6. The molecular weight excluding hydrogens is 532 g/mol. The highest BCUT2D eigenvalue weighted by atomic mass is 16.5. The molecule has 8 nitrogen and oxygen atoms in total. The number of hydrogen-bond donors (Lipinski definition) is 0. The van der Waals surface area contributed by atoms with Crippen molar-refractivity contribution >= 4 is 66.7 Å². The zero-order valence-electron chi connectivity index (χ0n) is 23.9. The summed E-state index contributed by atoms with van der Waals surface area (Å²) in [5.41, 5.74) is 1.92. The molecule has 0 spiro atoms. The fourth-order valence-electron chi connectivity index (χ4n) is 6.63. The summed E-state index contributed by atoms with van der Waals surface area (Å²) in [6, 6.07) is 14.3. The van der Waals surface area contributed by atoms with Crippen LogP contribution in [0.1, 0.15) is 68.6 Å². The molecule has 212 valence electrons. The van der Waals surface area contributed by atoms with E-state index in [1.807, 2.05) is 45.0 Å². The van der Waals surface area contributed by atoms with Crippen LogP contribution >= 0.6 is 0 Å². The Labute approximate surface area is 242 Å². The van der Waals surface area contributed by atoms with E-state index in [2.05, 4.69) is 0 Å². The molecule has 2 atom stereocenters. The van der Waals surface area contributed by atoms with Crippen LogP contribution in [0.3, 0.4) is 0 Å². The Kier molecular flexibility index (Phi) is 6.04. The van der Waals surface area contributed by atoms with Crippen LogP contribution in [0.25, 0.3) is 43.1 Å². The van der Waals surface area contributed by atoms with Crippen molar-refractivity contribution in [1.29, 1.82) is 0 Å². The molecule has 0 fully saturated rings. The molecule has 2 aliphatic rings. The van der Waals surface area contributed by atoms with Gasteiger partial charge in [0.15, 0.2) is 0 Å². The summed E-state index contributed by atoms with van der Waals surface area (Å²) in [7, 11) is 1.50. The largest absolute Gasteiger partial charge is 0.379 e. The quantitative estimate of drug-likeness (QED) is 0.103. The van der Waals surface area contributed by atoms with Gasteiger partial charge in [-0.2, -0.15) is 0 Å². The molecule has 5 aromatic carbocycles. The number of fused-ring (bicyclic) bond motifs is 2. The van der Waals surface area contributed by atoms with E-state index in [1.165, 1.54) is 11.9 Å². The number of nitrogens with zero attached hydrogens (tertiary/aromatic N) is 2. The van der Waals surface area contributed by atoms with Gasteiger partial charge >= 0.3 is 0 Å². The molecule has 42 heavy (non-hydrogen) atoms. The average Bonchev–Trinajstić information content (AvgIpc) is 2.99. The van der Waals surface area contributed by atoms with Crippen LogP contribution in [0, 0.1) is 0 Å². The first-order chi connectivity index (χ1) is 20.2. The topological polar surface area (TPSA) is 93.2 Å². The molecule has 0 N–H and O–H groups in total. The minimum absolute atomic E-state index is 0.164. The predicted molar refractivity (Wildman–Crippen MR) is 161 cm³/mol. The lowest BCUT2D eigenvalue weighted by atomic mass is 9.82. The van der Waals surface area contributed by atoms with Gasteiger partial charge in [0.25, 0.3) is 23.6 Å². The standard InChI is InChI=1S/C34H30N2O6/c1-5-14-41-16-18(3)42-15-17(2)36-33(39)25-12-8-21-19-6-10-23-29-24(32(38)35(4)31(23)37)11-7-20(27(19)29)22-9-13-26(34(36)40)30(25)28(21)22/h6-13,17-18H,5,14-16H2,1-4H3. The van der Waals surface area contributed by atoms with Gasteiger partial charge in [0.05, 0.1) is 25.4 Å². The molecule has 7 rings (SSSR count). The number of ether oxygens (including phenoxy) is 2. The van der Waals surface area contributed by atoms with E-state index in [1.54, 1.807) is 24.3 Å². The number of rotatable bonds is 8.